The molecule has 0 spiro atoms. The molecule has 1 saturated heterocycles. The Bertz CT molecular complexity index is 620. The summed E-state index contributed by atoms with van der Waals surface area (Å²) in [5.74, 6) is -0.382. The quantitative estimate of drug-likeness (QED) is 0.584. The van der Waals surface area contributed by atoms with Crippen molar-refractivity contribution < 1.29 is 9.59 Å². The molecule has 0 radical (unpaired) electrons. The van der Waals surface area contributed by atoms with Crippen LogP contribution in [-0.4, -0.2) is 11.8 Å². The van der Waals surface area contributed by atoms with E-state index in [4.69, 9.17) is 0 Å². The van der Waals surface area contributed by atoms with Crippen molar-refractivity contribution in [2.45, 2.75) is 40.5 Å². The Morgan fingerprint density at radius 2 is 1.24 bits per heavy atom. The van der Waals surface area contributed by atoms with E-state index in [-0.39, 0.29) is 23.7 Å². The molecule has 110 valence electrons. The summed E-state index contributed by atoms with van der Waals surface area (Å²) in [6.45, 7) is 8.13. The lowest BCUT2D eigenvalue weighted by Gasteiger charge is -2.23. The SMILES string of the molecule is CC1=C(C)C[C@H]2C(=O)N(c3cc(C)cc(C)c3)C(=O)[C@@H]2C1. The summed E-state index contributed by atoms with van der Waals surface area (Å²) in [5, 5.41) is 0. The zero-order valence-corrected chi connectivity index (χ0v) is 13.1. The molecule has 0 N–H and O–H groups in total. The van der Waals surface area contributed by atoms with Crippen molar-refractivity contribution in [1.82, 2.24) is 0 Å². The highest BCUT2D eigenvalue weighted by molar-refractivity contribution is 6.22. The predicted octanol–water partition coefficient (Wildman–Crippen LogP) is 3.54. The number of hydrogen-bond acceptors (Lipinski definition) is 2. The molecule has 3 rings (SSSR count). The average Bonchev–Trinajstić information content (AvgIpc) is 2.62. The first-order valence-corrected chi connectivity index (χ1v) is 7.50. The Morgan fingerprint density at radius 3 is 1.67 bits per heavy atom. The molecule has 0 bridgehead atoms. The van der Waals surface area contributed by atoms with Crippen LogP contribution in [0.25, 0.3) is 0 Å². The van der Waals surface area contributed by atoms with Crippen LogP contribution in [0.4, 0.5) is 5.69 Å². The van der Waals surface area contributed by atoms with Crippen LogP contribution in [0.1, 0.15) is 37.8 Å². The number of hydrogen-bond donors (Lipinski definition) is 0. The average molecular weight is 283 g/mol. The molecule has 1 heterocycles. The Labute approximate surface area is 125 Å². The maximum Gasteiger partial charge on any atom is 0.238 e. The van der Waals surface area contributed by atoms with Crippen molar-refractivity contribution in [1.29, 1.82) is 0 Å². The predicted molar refractivity (Wildman–Crippen MR) is 83.0 cm³/mol. The molecule has 2 amide bonds. The summed E-state index contributed by atoms with van der Waals surface area (Å²) in [6, 6.07) is 5.90. The van der Waals surface area contributed by atoms with Crippen LogP contribution >= 0.6 is 0 Å². The van der Waals surface area contributed by atoms with E-state index in [1.165, 1.54) is 16.0 Å². The number of imide groups is 1. The van der Waals surface area contributed by atoms with Crippen molar-refractivity contribution in [3.8, 4) is 0 Å². The number of amides is 2. The number of anilines is 1. The van der Waals surface area contributed by atoms with Gasteiger partial charge in [-0.1, -0.05) is 17.2 Å². The molecule has 1 aromatic rings. The second-order valence-corrected chi connectivity index (χ2v) is 6.54. The third kappa shape index (κ3) is 2.21. The van der Waals surface area contributed by atoms with Gasteiger partial charge in [-0.3, -0.25) is 14.5 Å². The van der Waals surface area contributed by atoms with Crippen molar-refractivity contribution in [3.63, 3.8) is 0 Å². The number of benzene rings is 1. The summed E-state index contributed by atoms with van der Waals surface area (Å²) >= 11 is 0. The topological polar surface area (TPSA) is 37.4 Å². The Morgan fingerprint density at radius 1 is 0.810 bits per heavy atom. The molecule has 1 fully saturated rings. The molecule has 1 aliphatic carbocycles. The maximum absolute atomic E-state index is 12.7. The van der Waals surface area contributed by atoms with E-state index in [1.807, 2.05) is 26.0 Å². The summed E-state index contributed by atoms with van der Waals surface area (Å²) in [5.41, 5.74) is 5.41. The van der Waals surface area contributed by atoms with Gasteiger partial charge in [0.15, 0.2) is 0 Å². The first-order valence-electron chi connectivity index (χ1n) is 7.50. The third-order valence-electron chi connectivity index (χ3n) is 4.81. The fourth-order valence-electron chi connectivity index (χ4n) is 3.59. The smallest absolute Gasteiger partial charge is 0.238 e. The monoisotopic (exact) mass is 283 g/mol. The van der Waals surface area contributed by atoms with Gasteiger partial charge in [-0.2, -0.15) is 0 Å². The van der Waals surface area contributed by atoms with Crippen LogP contribution in [0, 0.1) is 25.7 Å². The molecule has 2 atom stereocenters. The Balaban J connectivity index is 2.00. The molecule has 0 aromatic heterocycles. The second kappa shape index (κ2) is 4.83. The van der Waals surface area contributed by atoms with Crippen LogP contribution < -0.4 is 4.90 Å². The number of rotatable bonds is 1. The summed E-state index contributed by atoms with van der Waals surface area (Å²) in [6.07, 6.45) is 1.45. The second-order valence-electron chi connectivity index (χ2n) is 6.54. The minimum atomic E-state index is -0.165. The lowest BCUT2D eigenvalue weighted by molar-refractivity contribution is -0.122. The largest absolute Gasteiger partial charge is 0.274 e. The first-order chi connectivity index (χ1) is 9.88. The van der Waals surface area contributed by atoms with E-state index in [1.54, 1.807) is 0 Å². The van der Waals surface area contributed by atoms with Gasteiger partial charge in [-0.05, 0) is 63.8 Å². The van der Waals surface area contributed by atoms with Crippen LogP contribution in [0.5, 0.6) is 0 Å². The highest BCUT2D eigenvalue weighted by Crippen LogP contribution is 2.42. The number of aryl methyl sites for hydroxylation is 2. The number of allylic oxidation sites excluding steroid dienone is 2. The number of carbonyl (C=O) groups excluding carboxylic acids is 2. The molecule has 2 aliphatic rings. The van der Waals surface area contributed by atoms with E-state index >= 15 is 0 Å². The van der Waals surface area contributed by atoms with E-state index in [0.29, 0.717) is 0 Å². The Kier molecular flexibility index (Phi) is 3.23. The molecule has 0 unspecified atom stereocenters. The van der Waals surface area contributed by atoms with Crippen LogP contribution in [-0.2, 0) is 9.59 Å². The molecular weight excluding hydrogens is 262 g/mol. The van der Waals surface area contributed by atoms with Crippen molar-refractivity contribution in [2.75, 3.05) is 4.90 Å². The lowest BCUT2D eigenvalue weighted by Crippen LogP contribution is -2.31. The fraction of sp³-hybridized carbons (Fsp3) is 0.444. The molecule has 1 aromatic carbocycles. The van der Waals surface area contributed by atoms with Gasteiger partial charge in [-0.25, -0.2) is 0 Å². The van der Waals surface area contributed by atoms with Crippen LogP contribution in [0.15, 0.2) is 29.3 Å². The maximum atomic E-state index is 12.7. The fourth-order valence-corrected chi connectivity index (χ4v) is 3.59. The number of carbonyl (C=O) groups is 2. The minimum Gasteiger partial charge on any atom is -0.274 e. The van der Waals surface area contributed by atoms with Crippen molar-refractivity contribution in [2.24, 2.45) is 11.8 Å². The number of fused-ring (bicyclic) bond motifs is 1. The molecule has 3 heteroatoms. The zero-order chi connectivity index (χ0) is 15.3. The van der Waals surface area contributed by atoms with Gasteiger partial charge in [0.1, 0.15) is 0 Å². The van der Waals surface area contributed by atoms with Gasteiger partial charge in [0, 0.05) is 0 Å². The van der Waals surface area contributed by atoms with Crippen LogP contribution in [0.3, 0.4) is 0 Å². The molecule has 3 nitrogen and oxygen atoms in total. The summed E-state index contributed by atoms with van der Waals surface area (Å²) in [4.78, 5) is 26.8. The molecule has 21 heavy (non-hydrogen) atoms. The van der Waals surface area contributed by atoms with Crippen LogP contribution in [0.2, 0.25) is 0 Å². The molecule has 0 saturated carbocycles. The van der Waals surface area contributed by atoms with E-state index in [2.05, 4.69) is 19.9 Å². The van der Waals surface area contributed by atoms with Gasteiger partial charge >= 0.3 is 0 Å². The Hall–Kier alpha value is -1.90. The zero-order valence-electron chi connectivity index (χ0n) is 13.1. The summed E-state index contributed by atoms with van der Waals surface area (Å²) < 4.78 is 0. The minimum absolute atomic E-state index is 0.0261. The third-order valence-corrected chi connectivity index (χ3v) is 4.81. The summed E-state index contributed by atoms with van der Waals surface area (Å²) in [7, 11) is 0. The van der Waals surface area contributed by atoms with Gasteiger partial charge < -0.3 is 0 Å². The number of nitrogens with zero attached hydrogens (tertiary/aromatic N) is 1. The van der Waals surface area contributed by atoms with Gasteiger partial charge in [0.2, 0.25) is 11.8 Å². The molecule has 1 aliphatic heterocycles. The first kappa shape index (κ1) is 14.1. The van der Waals surface area contributed by atoms with E-state index in [9.17, 15) is 9.59 Å². The molecular formula is C18H21NO2. The van der Waals surface area contributed by atoms with Gasteiger partial charge in [-0.15, -0.1) is 0 Å². The van der Waals surface area contributed by atoms with E-state index < -0.39 is 0 Å². The van der Waals surface area contributed by atoms with Crippen molar-refractivity contribution >= 4 is 17.5 Å². The highest BCUT2D eigenvalue weighted by atomic mass is 16.2. The van der Waals surface area contributed by atoms with Crippen molar-refractivity contribution in [3.05, 3.63) is 40.5 Å². The van der Waals surface area contributed by atoms with Gasteiger partial charge in [0.05, 0.1) is 17.5 Å². The standard InChI is InChI=1S/C18H21NO2/c1-10-5-11(2)7-14(6-10)19-17(20)15-8-12(3)13(4)9-16(15)18(19)21/h5-7,15-16H,8-9H2,1-4H3/t15-,16-/m1/s1. The lowest BCUT2D eigenvalue weighted by atomic mass is 9.78. The normalized spacial score (nSPS) is 25.6. The van der Waals surface area contributed by atoms with E-state index in [0.717, 1.165) is 29.7 Å². The van der Waals surface area contributed by atoms with Gasteiger partial charge in [0.25, 0.3) is 0 Å². The highest BCUT2D eigenvalue weighted by Gasteiger charge is 2.49.